The van der Waals surface area contributed by atoms with Gasteiger partial charge in [-0.3, -0.25) is 4.90 Å². The fourth-order valence-corrected chi connectivity index (χ4v) is 4.44. The SMILES string of the molecule is C1=C(c2ccc3c(c2)CN(C2CCOCC2)CCO3)Cc2ccccc21. The Bertz CT molecular complexity index is 836. The van der Waals surface area contributed by atoms with E-state index in [9.17, 15) is 0 Å². The highest BCUT2D eigenvalue weighted by molar-refractivity contribution is 5.88. The number of fused-ring (bicyclic) bond motifs is 2. The molecule has 2 aromatic carbocycles. The number of nitrogens with zero attached hydrogens (tertiary/aromatic N) is 1. The van der Waals surface area contributed by atoms with Gasteiger partial charge in [-0.15, -0.1) is 0 Å². The average Bonchev–Trinajstić information content (AvgIpc) is 3.01. The molecule has 26 heavy (non-hydrogen) atoms. The van der Waals surface area contributed by atoms with Crippen molar-refractivity contribution in [3.63, 3.8) is 0 Å². The first-order valence-corrected chi connectivity index (χ1v) is 9.73. The maximum atomic E-state index is 6.06. The van der Waals surface area contributed by atoms with Gasteiger partial charge in [0, 0.05) is 37.9 Å². The minimum Gasteiger partial charge on any atom is -0.492 e. The summed E-state index contributed by atoms with van der Waals surface area (Å²) in [6.45, 7) is 4.54. The van der Waals surface area contributed by atoms with E-state index in [-0.39, 0.29) is 0 Å². The first kappa shape index (κ1) is 16.1. The third-order valence-corrected chi connectivity index (χ3v) is 5.91. The first-order chi connectivity index (χ1) is 12.9. The molecule has 0 N–H and O–H groups in total. The van der Waals surface area contributed by atoms with Gasteiger partial charge in [-0.05, 0) is 53.7 Å². The number of allylic oxidation sites excluding steroid dienone is 1. The lowest BCUT2D eigenvalue weighted by Gasteiger charge is -2.33. The quantitative estimate of drug-likeness (QED) is 0.814. The molecular weight excluding hydrogens is 322 g/mol. The van der Waals surface area contributed by atoms with E-state index in [4.69, 9.17) is 9.47 Å². The van der Waals surface area contributed by atoms with Crippen LogP contribution in [-0.4, -0.2) is 37.3 Å². The van der Waals surface area contributed by atoms with Crippen molar-refractivity contribution in [3.05, 3.63) is 64.7 Å². The van der Waals surface area contributed by atoms with Crippen LogP contribution in [-0.2, 0) is 17.7 Å². The lowest BCUT2D eigenvalue weighted by atomic mass is 10.00. The lowest BCUT2D eigenvalue weighted by Crippen LogP contribution is -2.40. The van der Waals surface area contributed by atoms with Crippen LogP contribution in [0.2, 0.25) is 0 Å². The third-order valence-electron chi connectivity index (χ3n) is 5.91. The molecule has 2 heterocycles. The predicted molar refractivity (Wildman–Crippen MR) is 104 cm³/mol. The topological polar surface area (TPSA) is 21.7 Å². The van der Waals surface area contributed by atoms with Gasteiger partial charge in [-0.2, -0.15) is 0 Å². The summed E-state index contributed by atoms with van der Waals surface area (Å²) >= 11 is 0. The van der Waals surface area contributed by atoms with Crippen molar-refractivity contribution in [3.8, 4) is 5.75 Å². The van der Waals surface area contributed by atoms with Crippen LogP contribution in [0.5, 0.6) is 5.75 Å². The molecule has 1 aliphatic carbocycles. The van der Waals surface area contributed by atoms with Crippen LogP contribution in [0.1, 0.15) is 35.1 Å². The van der Waals surface area contributed by atoms with E-state index >= 15 is 0 Å². The summed E-state index contributed by atoms with van der Waals surface area (Å²) in [5.41, 5.74) is 6.85. The van der Waals surface area contributed by atoms with Crippen LogP contribution in [0.3, 0.4) is 0 Å². The van der Waals surface area contributed by atoms with Crippen LogP contribution in [0, 0.1) is 0 Å². The number of hydrogen-bond donors (Lipinski definition) is 0. The Hall–Kier alpha value is -2.10. The first-order valence-electron chi connectivity index (χ1n) is 9.73. The molecule has 0 amide bonds. The number of ether oxygens (including phenoxy) is 2. The zero-order chi connectivity index (χ0) is 17.3. The smallest absolute Gasteiger partial charge is 0.123 e. The Kier molecular flexibility index (Phi) is 4.27. The molecular formula is C23H25NO2. The van der Waals surface area contributed by atoms with Gasteiger partial charge in [0.25, 0.3) is 0 Å². The lowest BCUT2D eigenvalue weighted by molar-refractivity contribution is 0.0294. The highest BCUT2D eigenvalue weighted by Crippen LogP contribution is 2.34. The summed E-state index contributed by atoms with van der Waals surface area (Å²) in [5.74, 6) is 1.06. The Morgan fingerprint density at radius 1 is 0.923 bits per heavy atom. The summed E-state index contributed by atoms with van der Waals surface area (Å²) in [7, 11) is 0. The zero-order valence-corrected chi connectivity index (χ0v) is 15.1. The van der Waals surface area contributed by atoms with Gasteiger partial charge in [0.15, 0.2) is 0 Å². The summed E-state index contributed by atoms with van der Waals surface area (Å²) in [6.07, 6.45) is 5.63. The molecule has 1 saturated heterocycles. The molecule has 2 aromatic rings. The average molecular weight is 347 g/mol. The van der Waals surface area contributed by atoms with Gasteiger partial charge in [-0.1, -0.05) is 36.4 Å². The van der Waals surface area contributed by atoms with Crippen molar-refractivity contribution < 1.29 is 9.47 Å². The van der Waals surface area contributed by atoms with Gasteiger partial charge in [-0.25, -0.2) is 0 Å². The van der Waals surface area contributed by atoms with E-state index in [0.29, 0.717) is 6.04 Å². The fourth-order valence-electron chi connectivity index (χ4n) is 4.44. The molecule has 0 unspecified atom stereocenters. The second kappa shape index (κ2) is 6.90. The molecule has 2 aliphatic heterocycles. The second-order valence-corrected chi connectivity index (χ2v) is 7.53. The Morgan fingerprint density at radius 2 is 1.81 bits per heavy atom. The molecule has 0 aromatic heterocycles. The minimum absolute atomic E-state index is 0.622. The summed E-state index contributed by atoms with van der Waals surface area (Å²) in [4.78, 5) is 2.59. The molecule has 3 heteroatoms. The number of hydrogen-bond acceptors (Lipinski definition) is 3. The Labute approximate surface area is 155 Å². The van der Waals surface area contributed by atoms with Crippen molar-refractivity contribution >= 4 is 11.6 Å². The number of rotatable bonds is 2. The molecule has 0 radical (unpaired) electrons. The summed E-state index contributed by atoms with van der Waals surface area (Å²) in [6, 6.07) is 16.1. The van der Waals surface area contributed by atoms with E-state index in [1.165, 1.54) is 27.8 Å². The van der Waals surface area contributed by atoms with Gasteiger partial charge >= 0.3 is 0 Å². The van der Waals surface area contributed by atoms with Gasteiger partial charge < -0.3 is 9.47 Å². The molecule has 5 rings (SSSR count). The van der Waals surface area contributed by atoms with Crippen molar-refractivity contribution in [2.75, 3.05) is 26.4 Å². The van der Waals surface area contributed by atoms with E-state index in [0.717, 1.165) is 57.9 Å². The van der Waals surface area contributed by atoms with Crippen molar-refractivity contribution in [1.29, 1.82) is 0 Å². The molecule has 3 aliphatic rings. The molecule has 1 fully saturated rings. The maximum absolute atomic E-state index is 6.06. The predicted octanol–water partition coefficient (Wildman–Crippen LogP) is 4.16. The van der Waals surface area contributed by atoms with Crippen molar-refractivity contribution in [2.45, 2.75) is 31.8 Å². The highest BCUT2D eigenvalue weighted by Gasteiger charge is 2.25. The fraction of sp³-hybridized carbons (Fsp3) is 0.391. The van der Waals surface area contributed by atoms with E-state index in [1.54, 1.807) is 0 Å². The van der Waals surface area contributed by atoms with E-state index in [2.05, 4.69) is 53.4 Å². The second-order valence-electron chi connectivity index (χ2n) is 7.53. The van der Waals surface area contributed by atoms with Crippen LogP contribution < -0.4 is 4.74 Å². The summed E-state index contributed by atoms with van der Waals surface area (Å²) in [5, 5.41) is 0. The molecule has 0 saturated carbocycles. The van der Waals surface area contributed by atoms with Crippen LogP contribution >= 0.6 is 0 Å². The highest BCUT2D eigenvalue weighted by atomic mass is 16.5. The monoisotopic (exact) mass is 347 g/mol. The van der Waals surface area contributed by atoms with Gasteiger partial charge in [0.1, 0.15) is 12.4 Å². The van der Waals surface area contributed by atoms with Crippen LogP contribution in [0.25, 0.3) is 11.6 Å². The Morgan fingerprint density at radius 3 is 2.69 bits per heavy atom. The summed E-state index contributed by atoms with van der Waals surface area (Å²) < 4.78 is 11.6. The van der Waals surface area contributed by atoms with E-state index in [1.807, 2.05) is 0 Å². The van der Waals surface area contributed by atoms with Crippen molar-refractivity contribution in [2.24, 2.45) is 0 Å². The van der Waals surface area contributed by atoms with Crippen LogP contribution in [0.4, 0.5) is 0 Å². The maximum Gasteiger partial charge on any atom is 0.123 e. The molecule has 0 spiro atoms. The molecule has 0 atom stereocenters. The van der Waals surface area contributed by atoms with Crippen LogP contribution in [0.15, 0.2) is 42.5 Å². The molecule has 0 bridgehead atoms. The zero-order valence-electron chi connectivity index (χ0n) is 15.1. The largest absolute Gasteiger partial charge is 0.492 e. The minimum atomic E-state index is 0.622. The van der Waals surface area contributed by atoms with Gasteiger partial charge in [0.2, 0.25) is 0 Å². The standard InChI is InChI=1S/C23H25NO2/c1-2-4-18-14-20(13-17(18)3-1)19-5-6-23-21(15-19)16-24(9-12-26-23)22-7-10-25-11-8-22/h1-6,13,15,22H,7-12,14,16H2. The normalized spacial score (nSPS) is 20.7. The van der Waals surface area contributed by atoms with Crippen molar-refractivity contribution in [1.82, 2.24) is 4.90 Å². The molecule has 3 nitrogen and oxygen atoms in total. The third kappa shape index (κ3) is 3.06. The van der Waals surface area contributed by atoms with Gasteiger partial charge in [0.05, 0.1) is 0 Å². The Balaban J connectivity index is 1.41. The number of benzene rings is 2. The van der Waals surface area contributed by atoms with E-state index < -0.39 is 0 Å². The molecule has 134 valence electrons.